The van der Waals surface area contributed by atoms with Crippen LogP contribution in [0.4, 0.5) is 5.69 Å². The van der Waals surface area contributed by atoms with Crippen LogP contribution < -0.4 is 5.32 Å². The van der Waals surface area contributed by atoms with E-state index in [1.54, 1.807) is 26.0 Å². The first kappa shape index (κ1) is 15.4. The Balaban J connectivity index is 2.63. The average molecular weight is 311 g/mol. The lowest BCUT2D eigenvalue weighted by Gasteiger charge is -2.14. The SMILES string of the molecule is CCOC(=O)C(C)CNc1cc(Cl)c(Cl)cc1Cl. The summed E-state index contributed by atoms with van der Waals surface area (Å²) >= 11 is 17.7. The van der Waals surface area contributed by atoms with Crippen molar-refractivity contribution in [2.45, 2.75) is 13.8 Å². The van der Waals surface area contributed by atoms with Gasteiger partial charge in [-0.3, -0.25) is 4.79 Å². The summed E-state index contributed by atoms with van der Waals surface area (Å²) in [7, 11) is 0. The summed E-state index contributed by atoms with van der Waals surface area (Å²) in [5.41, 5.74) is 0.641. The summed E-state index contributed by atoms with van der Waals surface area (Å²) in [5, 5.41) is 4.31. The lowest BCUT2D eigenvalue weighted by molar-refractivity contribution is -0.146. The molecule has 0 aromatic heterocycles. The number of rotatable bonds is 5. The van der Waals surface area contributed by atoms with Crippen molar-refractivity contribution in [2.24, 2.45) is 5.92 Å². The molecule has 0 aliphatic rings. The van der Waals surface area contributed by atoms with Crippen LogP contribution in [0, 0.1) is 5.92 Å². The Hall–Kier alpha value is -0.640. The zero-order chi connectivity index (χ0) is 13.7. The van der Waals surface area contributed by atoms with Crippen LogP contribution in [0.1, 0.15) is 13.8 Å². The molecule has 0 bridgehead atoms. The first-order valence-electron chi connectivity index (χ1n) is 5.50. The molecule has 100 valence electrons. The maximum atomic E-state index is 11.4. The quantitative estimate of drug-likeness (QED) is 0.652. The molecule has 0 spiro atoms. The molecule has 1 N–H and O–H groups in total. The van der Waals surface area contributed by atoms with E-state index >= 15 is 0 Å². The van der Waals surface area contributed by atoms with E-state index in [1.807, 2.05) is 0 Å². The van der Waals surface area contributed by atoms with Crippen LogP contribution in [0.15, 0.2) is 12.1 Å². The van der Waals surface area contributed by atoms with Gasteiger partial charge in [0.15, 0.2) is 0 Å². The highest BCUT2D eigenvalue weighted by atomic mass is 35.5. The standard InChI is InChI=1S/C12H14Cl3NO2/c1-3-18-12(17)7(2)6-16-11-5-9(14)8(13)4-10(11)15/h4-5,7,16H,3,6H2,1-2H3. The summed E-state index contributed by atoms with van der Waals surface area (Å²) in [5.74, 6) is -0.517. The van der Waals surface area contributed by atoms with Gasteiger partial charge in [-0.1, -0.05) is 41.7 Å². The van der Waals surface area contributed by atoms with Crippen molar-refractivity contribution in [3.8, 4) is 0 Å². The summed E-state index contributed by atoms with van der Waals surface area (Å²) in [6.07, 6.45) is 0. The molecule has 0 radical (unpaired) electrons. The van der Waals surface area contributed by atoms with Crippen molar-refractivity contribution >= 4 is 46.5 Å². The first-order chi connectivity index (χ1) is 8.45. The highest BCUT2D eigenvalue weighted by molar-refractivity contribution is 6.44. The first-order valence-corrected chi connectivity index (χ1v) is 6.64. The van der Waals surface area contributed by atoms with E-state index in [4.69, 9.17) is 39.5 Å². The molecule has 0 heterocycles. The van der Waals surface area contributed by atoms with Crippen LogP contribution in [-0.2, 0) is 9.53 Å². The van der Waals surface area contributed by atoms with Gasteiger partial charge in [-0.25, -0.2) is 0 Å². The molecule has 1 atom stereocenters. The molecule has 1 unspecified atom stereocenters. The summed E-state index contributed by atoms with van der Waals surface area (Å²) in [4.78, 5) is 11.4. The molecule has 0 aliphatic carbocycles. The lowest BCUT2D eigenvalue weighted by atomic mass is 10.2. The number of halogens is 3. The van der Waals surface area contributed by atoms with Gasteiger partial charge in [0, 0.05) is 6.54 Å². The maximum absolute atomic E-state index is 11.4. The number of carbonyl (C=O) groups excluding carboxylic acids is 1. The number of ether oxygens (including phenoxy) is 1. The summed E-state index contributed by atoms with van der Waals surface area (Å²) < 4.78 is 4.91. The molecule has 6 heteroatoms. The van der Waals surface area contributed by atoms with E-state index in [0.717, 1.165) is 0 Å². The fourth-order valence-corrected chi connectivity index (χ4v) is 1.90. The third-order valence-corrected chi connectivity index (χ3v) is 3.33. The maximum Gasteiger partial charge on any atom is 0.310 e. The van der Waals surface area contributed by atoms with Gasteiger partial charge in [0.25, 0.3) is 0 Å². The number of benzene rings is 1. The molecule has 0 amide bonds. The van der Waals surface area contributed by atoms with Crippen molar-refractivity contribution in [2.75, 3.05) is 18.5 Å². The Labute approximate surface area is 121 Å². The number of hydrogen-bond acceptors (Lipinski definition) is 3. The fraction of sp³-hybridized carbons (Fsp3) is 0.417. The predicted octanol–water partition coefficient (Wildman–Crippen LogP) is 4.26. The molecule has 18 heavy (non-hydrogen) atoms. The zero-order valence-electron chi connectivity index (χ0n) is 10.1. The third kappa shape index (κ3) is 4.23. The Kier molecular flexibility index (Phi) is 6.06. The van der Waals surface area contributed by atoms with Gasteiger partial charge in [0.05, 0.1) is 33.3 Å². The van der Waals surface area contributed by atoms with E-state index in [1.165, 1.54) is 0 Å². The van der Waals surface area contributed by atoms with Crippen LogP contribution in [0.3, 0.4) is 0 Å². The highest BCUT2D eigenvalue weighted by Crippen LogP contribution is 2.32. The topological polar surface area (TPSA) is 38.3 Å². The minimum absolute atomic E-state index is 0.249. The van der Waals surface area contributed by atoms with Gasteiger partial charge in [0.1, 0.15) is 0 Å². The van der Waals surface area contributed by atoms with Crippen molar-refractivity contribution < 1.29 is 9.53 Å². The predicted molar refractivity (Wildman–Crippen MR) is 75.8 cm³/mol. The normalized spacial score (nSPS) is 12.1. The number of carbonyl (C=O) groups is 1. The molecule has 1 rings (SSSR count). The molecule has 0 saturated heterocycles. The Bertz CT molecular complexity index is 438. The highest BCUT2D eigenvalue weighted by Gasteiger charge is 2.14. The summed E-state index contributed by atoms with van der Waals surface area (Å²) in [6, 6.07) is 3.19. The molecular formula is C12H14Cl3NO2. The molecule has 3 nitrogen and oxygen atoms in total. The van der Waals surface area contributed by atoms with Gasteiger partial charge in [-0.15, -0.1) is 0 Å². The number of anilines is 1. The van der Waals surface area contributed by atoms with E-state index in [-0.39, 0.29) is 11.9 Å². The van der Waals surface area contributed by atoms with Crippen LogP contribution in [0.25, 0.3) is 0 Å². The van der Waals surface area contributed by atoms with Crippen LogP contribution in [0.5, 0.6) is 0 Å². The second-order valence-corrected chi connectivity index (χ2v) is 5.00. The Morgan fingerprint density at radius 3 is 2.50 bits per heavy atom. The summed E-state index contributed by atoms with van der Waals surface area (Å²) in [6.45, 7) is 4.33. The smallest absolute Gasteiger partial charge is 0.310 e. The largest absolute Gasteiger partial charge is 0.466 e. The Morgan fingerprint density at radius 2 is 1.89 bits per heavy atom. The number of nitrogens with one attached hydrogen (secondary N) is 1. The molecule has 0 aliphatic heterocycles. The minimum Gasteiger partial charge on any atom is -0.466 e. The minimum atomic E-state index is -0.268. The zero-order valence-corrected chi connectivity index (χ0v) is 12.4. The monoisotopic (exact) mass is 309 g/mol. The molecular weight excluding hydrogens is 296 g/mol. The Morgan fingerprint density at radius 1 is 1.28 bits per heavy atom. The molecule has 1 aromatic carbocycles. The van der Waals surface area contributed by atoms with Gasteiger partial charge in [0.2, 0.25) is 0 Å². The van der Waals surface area contributed by atoms with Gasteiger partial charge in [-0.05, 0) is 19.1 Å². The average Bonchev–Trinajstić information content (AvgIpc) is 2.32. The van der Waals surface area contributed by atoms with E-state index < -0.39 is 0 Å². The van der Waals surface area contributed by atoms with Gasteiger partial charge >= 0.3 is 5.97 Å². The van der Waals surface area contributed by atoms with Crippen molar-refractivity contribution in [3.05, 3.63) is 27.2 Å². The van der Waals surface area contributed by atoms with E-state index in [2.05, 4.69) is 5.32 Å². The van der Waals surface area contributed by atoms with E-state index in [9.17, 15) is 4.79 Å². The molecule has 0 saturated carbocycles. The van der Waals surface area contributed by atoms with Gasteiger partial charge in [-0.2, -0.15) is 0 Å². The van der Waals surface area contributed by atoms with Crippen molar-refractivity contribution in [1.82, 2.24) is 0 Å². The number of hydrogen-bond donors (Lipinski definition) is 1. The van der Waals surface area contributed by atoms with Crippen LogP contribution in [0.2, 0.25) is 15.1 Å². The second kappa shape index (κ2) is 7.07. The van der Waals surface area contributed by atoms with Crippen LogP contribution >= 0.6 is 34.8 Å². The van der Waals surface area contributed by atoms with Crippen LogP contribution in [-0.4, -0.2) is 19.1 Å². The van der Waals surface area contributed by atoms with E-state index in [0.29, 0.717) is 33.9 Å². The molecule has 0 fully saturated rings. The lowest BCUT2D eigenvalue weighted by Crippen LogP contribution is -2.22. The van der Waals surface area contributed by atoms with Gasteiger partial charge < -0.3 is 10.1 Å². The second-order valence-electron chi connectivity index (χ2n) is 3.78. The fourth-order valence-electron chi connectivity index (χ4n) is 1.29. The number of esters is 1. The van der Waals surface area contributed by atoms with Crippen molar-refractivity contribution in [1.29, 1.82) is 0 Å². The molecule has 1 aromatic rings. The van der Waals surface area contributed by atoms with Crippen molar-refractivity contribution in [3.63, 3.8) is 0 Å². The third-order valence-electron chi connectivity index (χ3n) is 2.30.